The summed E-state index contributed by atoms with van der Waals surface area (Å²) in [4.78, 5) is 0. The molecule has 1 saturated carbocycles. The van der Waals surface area contributed by atoms with E-state index in [2.05, 4.69) is 18.3 Å². The highest BCUT2D eigenvalue weighted by Crippen LogP contribution is 2.30. The van der Waals surface area contributed by atoms with Crippen molar-refractivity contribution >= 4 is 11.4 Å². The van der Waals surface area contributed by atoms with Crippen molar-refractivity contribution in [3.63, 3.8) is 0 Å². The van der Waals surface area contributed by atoms with Crippen LogP contribution >= 0.6 is 0 Å². The summed E-state index contributed by atoms with van der Waals surface area (Å²) in [6.07, 6.45) is 5.33. The van der Waals surface area contributed by atoms with Crippen LogP contribution in [0.5, 0.6) is 0 Å². The summed E-state index contributed by atoms with van der Waals surface area (Å²) in [5, 5.41) is 12.4. The third kappa shape index (κ3) is 2.76. The molecule has 2 atom stereocenters. The van der Waals surface area contributed by atoms with Crippen LogP contribution in [0.2, 0.25) is 0 Å². The molecule has 1 fully saturated rings. The Balaban J connectivity index is 2.00. The number of hydrogen-bond acceptors (Lipinski definition) is 3. The zero-order valence-corrected chi connectivity index (χ0v) is 10.9. The van der Waals surface area contributed by atoms with Crippen molar-refractivity contribution in [1.82, 2.24) is 0 Å². The number of nitriles is 1. The predicted octanol–water partition coefficient (Wildman–Crippen LogP) is 3.38. The van der Waals surface area contributed by atoms with Gasteiger partial charge in [0.1, 0.15) is 6.07 Å². The molecule has 2 rings (SSSR count). The molecule has 2 unspecified atom stereocenters. The number of hydrogen-bond donors (Lipinski definition) is 2. The maximum absolute atomic E-state index is 8.94. The number of rotatable bonds is 3. The lowest BCUT2D eigenvalue weighted by Crippen LogP contribution is -2.24. The molecule has 1 aromatic rings. The summed E-state index contributed by atoms with van der Waals surface area (Å²) >= 11 is 0. The lowest BCUT2D eigenvalue weighted by Gasteiger charge is -2.29. The standard InChI is InChI=1S/C15H21N3/c1-11-5-2-3-6-13(11)10-18-14-8-4-7-12(9-16)15(14)17/h4,7-8,11,13,18H,2-3,5-6,10,17H2,1H3. The van der Waals surface area contributed by atoms with E-state index in [1.165, 1.54) is 25.7 Å². The zero-order valence-electron chi connectivity index (χ0n) is 10.9. The molecule has 3 nitrogen and oxygen atoms in total. The Labute approximate surface area is 109 Å². The quantitative estimate of drug-likeness (QED) is 0.800. The van der Waals surface area contributed by atoms with Crippen molar-refractivity contribution in [1.29, 1.82) is 5.26 Å². The van der Waals surface area contributed by atoms with Gasteiger partial charge < -0.3 is 11.1 Å². The van der Waals surface area contributed by atoms with E-state index in [0.717, 1.165) is 24.1 Å². The van der Waals surface area contributed by atoms with Gasteiger partial charge in [0, 0.05) is 6.54 Å². The van der Waals surface area contributed by atoms with Gasteiger partial charge in [0.05, 0.1) is 16.9 Å². The van der Waals surface area contributed by atoms with Gasteiger partial charge in [-0.25, -0.2) is 0 Å². The highest BCUT2D eigenvalue weighted by molar-refractivity contribution is 5.72. The van der Waals surface area contributed by atoms with Gasteiger partial charge in [-0.05, 0) is 30.4 Å². The van der Waals surface area contributed by atoms with Crippen LogP contribution in [0.1, 0.15) is 38.2 Å². The van der Waals surface area contributed by atoms with Gasteiger partial charge in [0.15, 0.2) is 0 Å². The van der Waals surface area contributed by atoms with Crippen LogP contribution < -0.4 is 11.1 Å². The second-order valence-corrected chi connectivity index (χ2v) is 5.28. The number of para-hydroxylation sites is 1. The van der Waals surface area contributed by atoms with Gasteiger partial charge in [0.2, 0.25) is 0 Å². The Hall–Kier alpha value is -1.69. The molecule has 0 saturated heterocycles. The van der Waals surface area contributed by atoms with Gasteiger partial charge in [-0.15, -0.1) is 0 Å². The summed E-state index contributed by atoms with van der Waals surface area (Å²) in [6, 6.07) is 7.70. The van der Waals surface area contributed by atoms with Crippen LogP contribution in [0.3, 0.4) is 0 Å². The Morgan fingerprint density at radius 2 is 2.17 bits per heavy atom. The van der Waals surface area contributed by atoms with Crippen molar-refractivity contribution < 1.29 is 0 Å². The van der Waals surface area contributed by atoms with Crippen LogP contribution in [0, 0.1) is 23.2 Å². The number of benzene rings is 1. The lowest BCUT2D eigenvalue weighted by molar-refractivity contribution is 0.268. The fourth-order valence-electron chi connectivity index (χ4n) is 2.75. The minimum Gasteiger partial charge on any atom is -0.396 e. The average Bonchev–Trinajstić information content (AvgIpc) is 2.39. The summed E-state index contributed by atoms with van der Waals surface area (Å²) in [7, 11) is 0. The van der Waals surface area contributed by atoms with Crippen LogP contribution in [-0.4, -0.2) is 6.54 Å². The number of nitrogens with one attached hydrogen (secondary N) is 1. The first kappa shape index (κ1) is 12.8. The minimum absolute atomic E-state index is 0.552. The van der Waals surface area contributed by atoms with Gasteiger partial charge in [-0.1, -0.05) is 32.3 Å². The molecule has 0 aromatic heterocycles. The van der Waals surface area contributed by atoms with E-state index in [0.29, 0.717) is 11.3 Å². The normalized spacial score (nSPS) is 23.3. The molecule has 0 spiro atoms. The molecule has 0 heterocycles. The second kappa shape index (κ2) is 5.77. The van der Waals surface area contributed by atoms with E-state index < -0.39 is 0 Å². The summed E-state index contributed by atoms with van der Waals surface area (Å²) in [6.45, 7) is 3.29. The molecular formula is C15H21N3. The number of nitrogens with zero attached hydrogens (tertiary/aromatic N) is 1. The van der Waals surface area contributed by atoms with E-state index >= 15 is 0 Å². The second-order valence-electron chi connectivity index (χ2n) is 5.28. The molecule has 96 valence electrons. The molecule has 3 heteroatoms. The monoisotopic (exact) mass is 243 g/mol. The Morgan fingerprint density at radius 3 is 2.89 bits per heavy atom. The van der Waals surface area contributed by atoms with Crippen molar-refractivity contribution in [2.75, 3.05) is 17.6 Å². The maximum Gasteiger partial charge on any atom is 0.101 e. The maximum atomic E-state index is 8.94. The van der Waals surface area contributed by atoms with E-state index in [1.54, 1.807) is 6.07 Å². The number of anilines is 2. The topological polar surface area (TPSA) is 61.8 Å². The van der Waals surface area contributed by atoms with Crippen LogP contribution in [0.15, 0.2) is 18.2 Å². The third-order valence-electron chi connectivity index (χ3n) is 4.07. The Morgan fingerprint density at radius 1 is 1.39 bits per heavy atom. The largest absolute Gasteiger partial charge is 0.396 e. The first-order chi connectivity index (χ1) is 8.72. The van der Waals surface area contributed by atoms with Gasteiger partial charge in [0.25, 0.3) is 0 Å². The summed E-state index contributed by atoms with van der Waals surface area (Å²) < 4.78 is 0. The highest BCUT2D eigenvalue weighted by atomic mass is 14.9. The summed E-state index contributed by atoms with van der Waals surface area (Å²) in [5.41, 5.74) is 7.98. The SMILES string of the molecule is CC1CCCCC1CNc1cccc(C#N)c1N. The molecule has 3 N–H and O–H groups in total. The first-order valence-corrected chi connectivity index (χ1v) is 6.75. The molecule has 1 aliphatic carbocycles. The van der Waals surface area contributed by atoms with Gasteiger partial charge in [-0.2, -0.15) is 5.26 Å². The van der Waals surface area contributed by atoms with Crippen molar-refractivity contribution in [2.24, 2.45) is 11.8 Å². The number of nitrogens with two attached hydrogens (primary N) is 1. The Kier molecular flexibility index (Phi) is 4.09. The molecule has 1 aromatic carbocycles. The van der Waals surface area contributed by atoms with Crippen LogP contribution in [0.4, 0.5) is 11.4 Å². The predicted molar refractivity (Wildman–Crippen MR) is 75.2 cm³/mol. The van der Waals surface area contributed by atoms with Crippen molar-refractivity contribution in [2.45, 2.75) is 32.6 Å². The van der Waals surface area contributed by atoms with E-state index in [-0.39, 0.29) is 0 Å². The third-order valence-corrected chi connectivity index (χ3v) is 4.07. The fraction of sp³-hybridized carbons (Fsp3) is 0.533. The smallest absolute Gasteiger partial charge is 0.101 e. The van der Waals surface area contributed by atoms with E-state index in [4.69, 9.17) is 11.0 Å². The van der Waals surface area contributed by atoms with Crippen molar-refractivity contribution in [3.05, 3.63) is 23.8 Å². The average molecular weight is 243 g/mol. The molecule has 0 amide bonds. The first-order valence-electron chi connectivity index (χ1n) is 6.75. The number of nitrogen functional groups attached to an aromatic ring is 1. The molecule has 0 radical (unpaired) electrons. The van der Waals surface area contributed by atoms with E-state index in [1.807, 2.05) is 12.1 Å². The van der Waals surface area contributed by atoms with E-state index in [9.17, 15) is 0 Å². The highest BCUT2D eigenvalue weighted by Gasteiger charge is 2.21. The Bertz CT molecular complexity index is 448. The molecule has 0 bridgehead atoms. The molecule has 0 aliphatic heterocycles. The molecule has 1 aliphatic rings. The van der Waals surface area contributed by atoms with Gasteiger partial charge in [-0.3, -0.25) is 0 Å². The van der Waals surface area contributed by atoms with Gasteiger partial charge >= 0.3 is 0 Å². The van der Waals surface area contributed by atoms with Crippen LogP contribution in [-0.2, 0) is 0 Å². The fourth-order valence-corrected chi connectivity index (χ4v) is 2.75. The molecule has 18 heavy (non-hydrogen) atoms. The minimum atomic E-state index is 0.552. The molecular weight excluding hydrogens is 222 g/mol. The lowest BCUT2D eigenvalue weighted by atomic mass is 9.80. The van der Waals surface area contributed by atoms with Crippen molar-refractivity contribution in [3.8, 4) is 6.07 Å². The summed E-state index contributed by atoms with van der Waals surface area (Å²) in [5.74, 6) is 1.51. The van der Waals surface area contributed by atoms with Crippen LogP contribution in [0.25, 0.3) is 0 Å². The zero-order chi connectivity index (χ0) is 13.0.